The fourth-order valence-corrected chi connectivity index (χ4v) is 2.53. The highest BCUT2D eigenvalue weighted by Crippen LogP contribution is 2.30. The van der Waals surface area contributed by atoms with Crippen LogP contribution < -0.4 is 5.32 Å². The number of benzene rings is 1. The Labute approximate surface area is 126 Å². The van der Waals surface area contributed by atoms with Crippen LogP contribution in [0.5, 0.6) is 0 Å². The van der Waals surface area contributed by atoms with Crippen molar-refractivity contribution in [1.29, 1.82) is 0 Å². The number of urea groups is 1. The first-order valence-corrected chi connectivity index (χ1v) is 6.85. The van der Waals surface area contributed by atoms with Crippen LogP contribution in [0.3, 0.4) is 0 Å². The van der Waals surface area contributed by atoms with E-state index in [1.807, 2.05) is 0 Å². The van der Waals surface area contributed by atoms with E-state index < -0.39 is 23.3 Å². The molecule has 3 amide bonds. The molecule has 5 nitrogen and oxygen atoms in total. The number of furan rings is 1. The molecule has 1 saturated heterocycles. The van der Waals surface area contributed by atoms with E-state index in [0.29, 0.717) is 17.1 Å². The number of aryl methyl sites for hydroxylation is 1. The second-order valence-corrected chi connectivity index (χ2v) is 5.49. The van der Waals surface area contributed by atoms with E-state index in [1.54, 1.807) is 32.0 Å². The highest BCUT2D eigenvalue weighted by molar-refractivity contribution is 6.06. The number of carbonyl (C=O) groups excluding carboxylic acids is 2. The molecule has 1 atom stereocenters. The molecule has 22 heavy (non-hydrogen) atoms. The molecule has 1 fully saturated rings. The summed E-state index contributed by atoms with van der Waals surface area (Å²) < 4.78 is 18.7. The van der Waals surface area contributed by atoms with E-state index in [4.69, 9.17) is 4.42 Å². The SMILES string of the molecule is Cc1ccc([C@@]2(C)NC(=O)N(Cc3cccc(F)c3)C2=O)o1. The molecule has 0 bridgehead atoms. The van der Waals surface area contributed by atoms with E-state index in [9.17, 15) is 14.0 Å². The molecule has 0 unspecified atom stereocenters. The van der Waals surface area contributed by atoms with Crippen LogP contribution >= 0.6 is 0 Å². The number of imide groups is 1. The van der Waals surface area contributed by atoms with Gasteiger partial charge in [0.1, 0.15) is 17.3 Å². The Balaban J connectivity index is 1.88. The lowest BCUT2D eigenvalue weighted by Crippen LogP contribution is -2.40. The largest absolute Gasteiger partial charge is 0.463 e. The van der Waals surface area contributed by atoms with Crippen LogP contribution in [0.15, 0.2) is 40.8 Å². The van der Waals surface area contributed by atoms with Crippen LogP contribution in [-0.4, -0.2) is 16.8 Å². The van der Waals surface area contributed by atoms with Crippen molar-refractivity contribution in [3.8, 4) is 0 Å². The van der Waals surface area contributed by atoms with Crippen LogP contribution in [0.25, 0.3) is 0 Å². The van der Waals surface area contributed by atoms with Crippen LogP contribution in [0, 0.1) is 12.7 Å². The number of nitrogens with zero attached hydrogens (tertiary/aromatic N) is 1. The lowest BCUT2D eigenvalue weighted by atomic mass is 9.99. The molecule has 114 valence electrons. The van der Waals surface area contributed by atoms with Gasteiger partial charge in [-0.1, -0.05) is 12.1 Å². The molecule has 1 aromatic heterocycles. The number of rotatable bonds is 3. The van der Waals surface area contributed by atoms with Crippen molar-refractivity contribution in [3.63, 3.8) is 0 Å². The van der Waals surface area contributed by atoms with Crippen LogP contribution in [0.1, 0.15) is 24.0 Å². The number of carbonyl (C=O) groups is 2. The van der Waals surface area contributed by atoms with Gasteiger partial charge in [-0.25, -0.2) is 9.18 Å². The molecule has 1 N–H and O–H groups in total. The van der Waals surface area contributed by atoms with Crippen molar-refractivity contribution >= 4 is 11.9 Å². The van der Waals surface area contributed by atoms with Gasteiger partial charge in [-0.3, -0.25) is 9.69 Å². The van der Waals surface area contributed by atoms with Crippen LogP contribution in [0.2, 0.25) is 0 Å². The third-order valence-electron chi connectivity index (χ3n) is 3.74. The lowest BCUT2D eigenvalue weighted by molar-refractivity contribution is -0.132. The van der Waals surface area contributed by atoms with Gasteiger partial charge in [0.25, 0.3) is 5.91 Å². The number of hydrogen-bond donors (Lipinski definition) is 1. The minimum atomic E-state index is -1.24. The standard InChI is InChI=1S/C16H15FN2O3/c1-10-6-7-13(22-10)16(2)14(20)19(15(21)18-16)9-11-4-3-5-12(17)8-11/h3-8H,9H2,1-2H3,(H,18,21)/t16-/m1/s1. The molecule has 0 radical (unpaired) electrons. The Morgan fingerprint density at radius 1 is 1.27 bits per heavy atom. The van der Waals surface area contributed by atoms with Gasteiger partial charge >= 0.3 is 6.03 Å². The molecule has 1 aliphatic rings. The maximum atomic E-state index is 13.2. The zero-order chi connectivity index (χ0) is 15.9. The molecular formula is C16H15FN2O3. The van der Waals surface area contributed by atoms with Crippen LogP contribution in [-0.2, 0) is 16.9 Å². The molecule has 0 saturated carbocycles. The fourth-order valence-electron chi connectivity index (χ4n) is 2.53. The van der Waals surface area contributed by atoms with Gasteiger partial charge in [0.05, 0.1) is 6.54 Å². The Morgan fingerprint density at radius 2 is 2.05 bits per heavy atom. The number of amides is 3. The van der Waals surface area contributed by atoms with E-state index in [-0.39, 0.29) is 6.54 Å². The van der Waals surface area contributed by atoms with Gasteiger partial charge in [0, 0.05) is 0 Å². The van der Waals surface area contributed by atoms with E-state index in [1.165, 1.54) is 18.2 Å². The summed E-state index contributed by atoms with van der Waals surface area (Å²) in [4.78, 5) is 25.8. The number of nitrogens with one attached hydrogen (secondary N) is 1. The first kappa shape index (κ1) is 14.3. The normalized spacial score (nSPS) is 21.3. The Morgan fingerprint density at radius 3 is 2.68 bits per heavy atom. The molecule has 2 heterocycles. The molecule has 6 heteroatoms. The average molecular weight is 302 g/mol. The molecule has 1 aromatic carbocycles. The fraction of sp³-hybridized carbons (Fsp3) is 0.250. The summed E-state index contributed by atoms with van der Waals surface area (Å²) in [5.41, 5.74) is -0.693. The topological polar surface area (TPSA) is 62.6 Å². The molecular weight excluding hydrogens is 287 g/mol. The molecule has 3 rings (SSSR count). The van der Waals surface area contributed by atoms with E-state index >= 15 is 0 Å². The maximum Gasteiger partial charge on any atom is 0.325 e. The summed E-state index contributed by atoms with van der Waals surface area (Å²) in [6, 6.07) is 8.69. The second-order valence-electron chi connectivity index (χ2n) is 5.49. The Bertz CT molecular complexity index is 755. The zero-order valence-electron chi connectivity index (χ0n) is 12.2. The molecule has 0 spiro atoms. The summed E-state index contributed by atoms with van der Waals surface area (Å²) >= 11 is 0. The summed E-state index contributed by atoms with van der Waals surface area (Å²) in [5.74, 6) is 0.206. The minimum absolute atomic E-state index is 0.0116. The van der Waals surface area contributed by atoms with Crippen molar-refractivity contribution in [3.05, 3.63) is 59.3 Å². The third-order valence-corrected chi connectivity index (χ3v) is 3.74. The van der Waals surface area contributed by atoms with E-state index in [2.05, 4.69) is 5.32 Å². The zero-order valence-corrected chi connectivity index (χ0v) is 12.2. The third kappa shape index (κ3) is 2.26. The maximum absolute atomic E-state index is 13.2. The highest BCUT2D eigenvalue weighted by Gasteiger charge is 2.51. The van der Waals surface area contributed by atoms with E-state index in [0.717, 1.165) is 4.90 Å². The minimum Gasteiger partial charge on any atom is -0.463 e. The summed E-state index contributed by atoms with van der Waals surface area (Å²) in [6.07, 6.45) is 0. The van der Waals surface area contributed by atoms with Gasteiger partial charge in [-0.2, -0.15) is 0 Å². The first-order valence-electron chi connectivity index (χ1n) is 6.85. The van der Waals surface area contributed by atoms with Gasteiger partial charge in [0.15, 0.2) is 5.54 Å². The average Bonchev–Trinajstić information content (AvgIpc) is 2.98. The predicted octanol–water partition coefficient (Wildman–Crippen LogP) is 2.69. The Hall–Kier alpha value is -2.63. The van der Waals surface area contributed by atoms with Crippen molar-refractivity contribution in [1.82, 2.24) is 10.2 Å². The van der Waals surface area contributed by atoms with Gasteiger partial charge in [-0.05, 0) is 43.7 Å². The van der Waals surface area contributed by atoms with Crippen molar-refractivity contribution in [2.24, 2.45) is 0 Å². The van der Waals surface area contributed by atoms with Gasteiger partial charge in [0.2, 0.25) is 0 Å². The Kier molecular flexibility index (Phi) is 3.24. The predicted molar refractivity (Wildman–Crippen MR) is 76.3 cm³/mol. The number of hydrogen-bond acceptors (Lipinski definition) is 3. The highest BCUT2D eigenvalue weighted by atomic mass is 19.1. The number of halogens is 1. The van der Waals surface area contributed by atoms with Crippen LogP contribution in [0.4, 0.5) is 9.18 Å². The summed E-state index contributed by atoms with van der Waals surface area (Å²) in [5, 5.41) is 2.64. The van der Waals surface area contributed by atoms with Gasteiger partial charge in [-0.15, -0.1) is 0 Å². The lowest BCUT2D eigenvalue weighted by Gasteiger charge is -2.19. The van der Waals surface area contributed by atoms with Gasteiger partial charge < -0.3 is 9.73 Å². The molecule has 1 aliphatic heterocycles. The first-order chi connectivity index (χ1) is 10.4. The van der Waals surface area contributed by atoms with Crippen molar-refractivity contribution < 1.29 is 18.4 Å². The second kappa shape index (κ2) is 4.98. The quantitative estimate of drug-likeness (QED) is 0.887. The summed E-state index contributed by atoms with van der Waals surface area (Å²) in [6.45, 7) is 3.37. The van der Waals surface area contributed by atoms with Crippen molar-refractivity contribution in [2.75, 3.05) is 0 Å². The smallest absolute Gasteiger partial charge is 0.325 e. The molecule has 2 aromatic rings. The monoisotopic (exact) mass is 302 g/mol. The van der Waals surface area contributed by atoms with Crippen molar-refractivity contribution in [2.45, 2.75) is 25.9 Å². The summed E-state index contributed by atoms with van der Waals surface area (Å²) in [7, 11) is 0. The molecule has 0 aliphatic carbocycles.